The number of nitrogens with zero attached hydrogens (tertiary/aromatic N) is 1. The molecule has 2 aromatic heterocycles. The van der Waals surface area contributed by atoms with Crippen LogP contribution in [0.5, 0.6) is 0 Å². The number of aromatic nitrogens is 2. The normalized spacial score (nSPS) is 12.3. The molecule has 0 fully saturated rings. The first-order valence-corrected chi connectivity index (χ1v) is 7.11. The van der Waals surface area contributed by atoms with Crippen LogP contribution in [0.1, 0.15) is 11.3 Å². The lowest BCUT2D eigenvalue weighted by atomic mass is 10.1. The molecular weight excluding hydrogens is 296 g/mol. The number of nitrogens with two attached hydrogens (primary N) is 1. The fourth-order valence-corrected chi connectivity index (χ4v) is 2.36. The van der Waals surface area contributed by atoms with E-state index < -0.39 is 11.7 Å². The topological polar surface area (TPSA) is 114 Å². The standard InChI is InChI=1S/C16H16N4O3/c1-9-4-15(21)23-14-6-10(2-3-12(9)14)20-16(22)13(17)5-11-7-18-8-19-11/h2-4,6-8,13H,5,17H2,1H3,(H,18,19)(H,20,22)/t13-/m0/s1. The molecule has 0 aliphatic carbocycles. The van der Waals surface area contributed by atoms with Gasteiger partial charge in [-0.1, -0.05) is 0 Å². The van der Waals surface area contributed by atoms with Crippen molar-refractivity contribution in [1.82, 2.24) is 9.97 Å². The number of hydrogen-bond donors (Lipinski definition) is 3. The molecule has 3 rings (SSSR count). The van der Waals surface area contributed by atoms with Crippen LogP contribution in [-0.2, 0) is 11.2 Å². The van der Waals surface area contributed by atoms with Gasteiger partial charge in [-0.25, -0.2) is 9.78 Å². The summed E-state index contributed by atoms with van der Waals surface area (Å²) in [5.41, 5.74) is 8.02. The van der Waals surface area contributed by atoms with Crippen molar-refractivity contribution < 1.29 is 9.21 Å². The lowest BCUT2D eigenvalue weighted by Crippen LogP contribution is -2.37. The molecule has 0 saturated heterocycles. The van der Waals surface area contributed by atoms with Crippen LogP contribution < -0.4 is 16.7 Å². The molecule has 0 saturated carbocycles. The highest BCUT2D eigenvalue weighted by atomic mass is 16.4. The number of anilines is 1. The van der Waals surface area contributed by atoms with Crippen molar-refractivity contribution in [3.63, 3.8) is 0 Å². The Labute approximate surface area is 131 Å². The molecule has 118 valence electrons. The van der Waals surface area contributed by atoms with E-state index in [2.05, 4.69) is 15.3 Å². The van der Waals surface area contributed by atoms with Gasteiger partial charge >= 0.3 is 5.63 Å². The molecule has 0 radical (unpaired) electrons. The molecule has 0 aliphatic rings. The van der Waals surface area contributed by atoms with Crippen molar-refractivity contribution in [1.29, 1.82) is 0 Å². The summed E-state index contributed by atoms with van der Waals surface area (Å²) in [6, 6.07) is 5.88. The molecule has 1 atom stereocenters. The largest absolute Gasteiger partial charge is 0.423 e. The third kappa shape index (κ3) is 3.29. The summed E-state index contributed by atoms with van der Waals surface area (Å²) in [5, 5.41) is 3.55. The summed E-state index contributed by atoms with van der Waals surface area (Å²) in [6.07, 6.45) is 3.52. The highest BCUT2D eigenvalue weighted by Gasteiger charge is 2.15. The van der Waals surface area contributed by atoms with E-state index in [1.807, 2.05) is 6.92 Å². The van der Waals surface area contributed by atoms with Crippen molar-refractivity contribution in [2.75, 3.05) is 5.32 Å². The van der Waals surface area contributed by atoms with Crippen molar-refractivity contribution >= 4 is 22.6 Å². The van der Waals surface area contributed by atoms with E-state index in [0.717, 1.165) is 16.6 Å². The minimum atomic E-state index is -0.712. The smallest absolute Gasteiger partial charge is 0.336 e. The van der Waals surface area contributed by atoms with Crippen molar-refractivity contribution in [2.45, 2.75) is 19.4 Å². The fourth-order valence-electron chi connectivity index (χ4n) is 2.36. The molecule has 1 aromatic carbocycles. The summed E-state index contributed by atoms with van der Waals surface area (Å²) in [4.78, 5) is 30.4. The third-order valence-corrected chi connectivity index (χ3v) is 3.55. The van der Waals surface area contributed by atoms with Gasteiger partial charge in [0.1, 0.15) is 5.58 Å². The van der Waals surface area contributed by atoms with Crippen LogP contribution in [0.15, 0.2) is 46.0 Å². The first kappa shape index (κ1) is 15.0. The Balaban J connectivity index is 1.78. The lowest BCUT2D eigenvalue weighted by Gasteiger charge is -2.12. The van der Waals surface area contributed by atoms with Crippen molar-refractivity contribution in [2.24, 2.45) is 5.73 Å². The number of benzene rings is 1. The van der Waals surface area contributed by atoms with Crippen LogP contribution in [0, 0.1) is 6.92 Å². The Hall–Kier alpha value is -2.93. The number of rotatable bonds is 4. The predicted molar refractivity (Wildman–Crippen MR) is 86.1 cm³/mol. The molecule has 4 N–H and O–H groups in total. The van der Waals surface area contributed by atoms with Crippen molar-refractivity contribution in [3.8, 4) is 0 Å². The molecule has 2 heterocycles. The number of hydrogen-bond acceptors (Lipinski definition) is 5. The van der Waals surface area contributed by atoms with E-state index in [0.29, 0.717) is 17.7 Å². The molecule has 0 unspecified atom stereocenters. The molecule has 0 spiro atoms. The maximum atomic E-state index is 12.1. The zero-order valence-electron chi connectivity index (χ0n) is 12.5. The third-order valence-electron chi connectivity index (χ3n) is 3.55. The summed E-state index contributed by atoms with van der Waals surface area (Å²) < 4.78 is 5.16. The molecule has 7 heteroatoms. The summed E-state index contributed by atoms with van der Waals surface area (Å²) >= 11 is 0. The van der Waals surface area contributed by atoms with E-state index in [-0.39, 0.29) is 5.91 Å². The number of aromatic amines is 1. The van der Waals surface area contributed by atoms with Gasteiger partial charge < -0.3 is 20.5 Å². The summed E-state index contributed by atoms with van der Waals surface area (Å²) in [6.45, 7) is 1.83. The maximum absolute atomic E-state index is 12.1. The van der Waals surface area contributed by atoms with Gasteiger partial charge in [-0.15, -0.1) is 0 Å². The van der Waals surface area contributed by atoms with Gasteiger partial charge in [-0.2, -0.15) is 0 Å². The van der Waals surface area contributed by atoms with E-state index in [1.165, 1.54) is 12.4 Å². The van der Waals surface area contributed by atoms with E-state index in [9.17, 15) is 9.59 Å². The molecule has 23 heavy (non-hydrogen) atoms. The second kappa shape index (κ2) is 6.05. The quantitative estimate of drug-likeness (QED) is 0.629. The highest BCUT2D eigenvalue weighted by Crippen LogP contribution is 2.20. The maximum Gasteiger partial charge on any atom is 0.336 e. The minimum Gasteiger partial charge on any atom is -0.423 e. The SMILES string of the molecule is Cc1cc(=O)oc2cc(NC(=O)[C@@H](N)Cc3cnc[nH]3)ccc12. The van der Waals surface area contributed by atoms with Gasteiger partial charge in [0, 0.05) is 41.5 Å². The number of aryl methyl sites for hydroxylation is 1. The zero-order valence-corrected chi connectivity index (χ0v) is 12.5. The van der Waals surface area contributed by atoms with Gasteiger partial charge in [0.15, 0.2) is 0 Å². The number of fused-ring (bicyclic) bond motifs is 1. The average molecular weight is 312 g/mol. The molecule has 3 aromatic rings. The van der Waals surface area contributed by atoms with E-state index in [1.54, 1.807) is 24.4 Å². The highest BCUT2D eigenvalue weighted by molar-refractivity contribution is 5.96. The molecular formula is C16H16N4O3. The van der Waals surface area contributed by atoms with Gasteiger partial charge in [0.2, 0.25) is 5.91 Å². The molecule has 0 bridgehead atoms. The number of imidazole rings is 1. The Morgan fingerprint density at radius 1 is 1.43 bits per heavy atom. The fraction of sp³-hybridized carbons (Fsp3) is 0.188. The number of nitrogens with one attached hydrogen (secondary N) is 2. The average Bonchev–Trinajstić information content (AvgIpc) is 2.99. The van der Waals surface area contributed by atoms with Gasteiger partial charge in [0.05, 0.1) is 12.4 Å². The van der Waals surface area contributed by atoms with Crippen molar-refractivity contribution in [3.05, 3.63) is 58.5 Å². The first-order valence-electron chi connectivity index (χ1n) is 7.11. The zero-order chi connectivity index (χ0) is 16.4. The summed E-state index contributed by atoms with van der Waals surface area (Å²) in [5.74, 6) is -0.325. The van der Waals surface area contributed by atoms with Crippen LogP contribution in [0.4, 0.5) is 5.69 Å². The number of carbonyl (C=O) groups is 1. The van der Waals surface area contributed by atoms with Crippen LogP contribution in [-0.4, -0.2) is 21.9 Å². The predicted octanol–water partition coefficient (Wildman–Crippen LogP) is 1.33. The van der Waals surface area contributed by atoms with Gasteiger partial charge in [-0.05, 0) is 24.6 Å². The monoisotopic (exact) mass is 312 g/mol. The number of H-pyrrole nitrogens is 1. The second-order valence-corrected chi connectivity index (χ2v) is 5.34. The van der Waals surface area contributed by atoms with E-state index in [4.69, 9.17) is 10.2 Å². The molecule has 1 amide bonds. The Morgan fingerprint density at radius 2 is 2.26 bits per heavy atom. The van der Waals surface area contributed by atoms with Gasteiger partial charge in [-0.3, -0.25) is 4.79 Å². The Morgan fingerprint density at radius 3 is 3.00 bits per heavy atom. The Kier molecular flexibility index (Phi) is 3.94. The first-order chi connectivity index (χ1) is 11.0. The Bertz CT molecular complexity index is 899. The van der Waals surface area contributed by atoms with Gasteiger partial charge in [0.25, 0.3) is 0 Å². The van der Waals surface area contributed by atoms with E-state index >= 15 is 0 Å². The van der Waals surface area contributed by atoms with Crippen LogP contribution in [0.3, 0.4) is 0 Å². The second-order valence-electron chi connectivity index (χ2n) is 5.34. The van der Waals surface area contributed by atoms with Crippen LogP contribution >= 0.6 is 0 Å². The van der Waals surface area contributed by atoms with Crippen LogP contribution in [0.2, 0.25) is 0 Å². The molecule has 7 nitrogen and oxygen atoms in total. The number of amides is 1. The number of carbonyl (C=O) groups excluding carboxylic acids is 1. The van der Waals surface area contributed by atoms with Crippen LogP contribution in [0.25, 0.3) is 11.0 Å². The summed E-state index contributed by atoms with van der Waals surface area (Å²) in [7, 11) is 0. The lowest BCUT2D eigenvalue weighted by molar-refractivity contribution is -0.117. The molecule has 0 aliphatic heterocycles. The minimum absolute atomic E-state index is 0.325.